The van der Waals surface area contributed by atoms with Crippen LogP contribution < -0.4 is 4.90 Å². The summed E-state index contributed by atoms with van der Waals surface area (Å²) < 4.78 is 5.87. The Bertz CT molecular complexity index is 899. The van der Waals surface area contributed by atoms with Crippen molar-refractivity contribution >= 4 is 23.0 Å². The number of benzene rings is 1. The van der Waals surface area contributed by atoms with Gasteiger partial charge in [-0.25, -0.2) is 9.97 Å². The molecule has 0 saturated carbocycles. The summed E-state index contributed by atoms with van der Waals surface area (Å²) in [5.74, 6) is 0.578. The Morgan fingerprint density at radius 3 is 2.69 bits per heavy atom. The van der Waals surface area contributed by atoms with Crippen molar-refractivity contribution in [3.05, 3.63) is 47.5 Å². The second kappa shape index (κ2) is 6.74. The fraction of sp³-hybridized carbons (Fsp3) is 0.368. The molecule has 7 nitrogen and oxygen atoms in total. The van der Waals surface area contributed by atoms with Gasteiger partial charge in [-0.3, -0.25) is 4.79 Å². The van der Waals surface area contributed by atoms with E-state index in [1.165, 1.54) is 0 Å². The highest BCUT2D eigenvalue weighted by Gasteiger charge is 2.23. The zero-order valence-corrected chi connectivity index (χ0v) is 15.0. The third kappa shape index (κ3) is 3.24. The first kappa shape index (κ1) is 16.5. The molecule has 3 aromatic rings. The van der Waals surface area contributed by atoms with Crippen molar-refractivity contribution in [3.8, 4) is 0 Å². The van der Waals surface area contributed by atoms with Gasteiger partial charge in [-0.15, -0.1) is 0 Å². The molecule has 1 saturated heterocycles. The average molecular weight is 351 g/mol. The van der Waals surface area contributed by atoms with Crippen LogP contribution >= 0.6 is 0 Å². The summed E-state index contributed by atoms with van der Waals surface area (Å²) in [5, 5.41) is 0. The van der Waals surface area contributed by atoms with E-state index in [4.69, 9.17) is 4.42 Å². The summed E-state index contributed by atoms with van der Waals surface area (Å²) in [4.78, 5) is 29.9. The molecule has 1 fully saturated rings. The largest absolute Gasteiger partial charge is 0.423 e. The lowest BCUT2D eigenvalue weighted by molar-refractivity contribution is 0.0760. The van der Waals surface area contributed by atoms with Gasteiger partial charge in [0.15, 0.2) is 5.58 Å². The van der Waals surface area contributed by atoms with Crippen molar-refractivity contribution in [2.24, 2.45) is 0 Å². The number of carbonyl (C=O) groups is 1. The number of carbonyl (C=O) groups excluding carboxylic acids is 1. The summed E-state index contributed by atoms with van der Waals surface area (Å²) in [6.07, 6.45) is 0.855. The number of amides is 1. The lowest BCUT2D eigenvalue weighted by atomic mass is 10.2. The Labute approximate surface area is 151 Å². The molecule has 0 aliphatic carbocycles. The standard InChI is InChI=1S/C19H21N5O2/c1-13-12-16(21-14(2)20-13)18(25)23-8-5-9-24(11-10-23)19-22-15-6-3-4-7-17(15)26-19/h3-4,6-7,12H,5,8-11H2,1-2H3. The lowest BCUT2D eigenvalue weighted by Crippen LogP contribution is -2.36. The van der Waals surface area contributed by atoms with Crippen molar-refractivity contribution in [2.75, 3.05) is 31.1 Å². The van der Waals surface area contributed by atoms with E-state index in [-0.39, 0.29) is 5.91 Å². The van der Waals surface area contributed by atoms with Gasteiger partial charge >= 0.3 is 0 Å². The third-order valence-electron chi connectivity index (χ3n) is 4.52. The summed E-state index contributed by atoms with van der Waals surface area (Å²) in [6.45, 7) is 6.47. The minimum Gasteiger partial charge on any atom is -0.423 e. The zero-order chi connectivity index (χ0) is 18.1. The highest BCUT2D eigenvalue weighted by Crippen LogP contribution is 2.22. The van der Waals surface area contributed by atoms with Crippen molar-refractivity contribution in [1.29, 1.82) is 0 Å². The van der Waals surface area contributed by atoms with Crippen LogP contribution in [0.4, 0.5) is 6.01 Å². The maximum atomic E-state index is 12.8. The number of anilines is 1. The predicted molar refractivity (Wildman–Crippen MR) is 98.2 cm³/mol. The highest BCUT2D eigenvalue weighted by molar-refractivity contribution is 5.92. The number of rotatable bonds is 2. The van der Waals surface area contributed by atoms with E-state index < -0.39 is 0 Å². The fourth-order valence-electron chi connectivity index (χ4n) is 3.30. The molecule has 0 atom stereocenters. The molecular weight excluding hydrogens is 330 g/mol. The lowest BCUT2D eigenvalue weighted by Gasteiger charge is -2.21. The molecule has 26 heavy (non-hydrogen) atoms. The van der Waals surface area contributed by atoms with Gasteiger partial charge in [0.05, 0.1) is 0 Å². The van der Waals surface area contributed by atoms with Crippen molar-refractivity contribution in [2.45, 2.75) is 20.3 Å². The molecule has 2 aromatic heterocycles. The van der Waals surface area contributed by atoms with Gasteiger partial charge in [-0.05, 0) is 38.5 Å². The van der Waals surface area contributed by atoms with Gasteiger partial charge in [0.1, 0.15) is 17.0 Å². The second-order valence-corrected chi connectivity index (χ2v) is 6.54. The van der Waals surface area contributed by atoms with Crippen LogP contribution in [-0.4, -0.2) is 51.9 Å². The molecule has 0 radical (unpaired) electrons. The topological polar surface area (TPSA) is 75.4 Å². The second-order valence-electron chi connectivity index (χ2n) is 6.54. The quantitative estimate of drug-likeness (QED) is 0.706. The first-order valence-electron chi connectivity index (χ1n) is 8.82. The molecule has 3 heterocycles. The molecule has 134 valence electrons. The summed E-state index contributed by atoms with van der Waals surface area (Å²) in [5.41, 5.74) is 2.91. The Hall–Kier alpha value is -2.96. The minimum atomic E-state index is -0.0435. The summed E-state index contributed by atoms with van der Waals surface area (Å²) >= 11 is 0. The van der Waals surface area contributed by atoms with Gasteiger partial charge in [-0.1, -0.05) is 12.1 Å². The molecule has 0 unspecified atom stereocenters. The minimum absolute atomic E-state index is 0.0435. The van der Waals surface area contributed by atoms with E-state index in [0.29, 0.717) is 37.2 Å². The van der Waals surface area contributed by atoms with E-state index in [0.717, 1.165) is 29.8 Å². The number of para-hydroxylation sites is 2. The first-order chi connectivity index (χ1) is 12.6. The van der Waals surface area contributed by atoms with Crippen LogP contribution in [-0.2, 0) is 0 Å². The van der Waals surface area contributed by atoms with Crippen LogP contribution in [0.2, 0.25) is 0 Å². The molecular formula is C19H21N5O2. The molecule has 4 rings (SSSR count). The maximum Gasteiger partial charge on any atom is 0.298 e. The third-order valence-corrected chi connectivity index (χ3v) is 4.52. The monoisotopic (exact) mass is 351 g/mol. The van der Waals surface area contributed by atoms with E-state index in [9.17, 15) is 4.79 Å². The van der Waals surface area contributed by atoms with E-state index in [2.05, 4.69) is 19.9 Å². The Morgan fingerprint density at radius 2 is 1.88 bits per heavy atom. The molecule has 7 heteroatoms. The summed E-state index contributed by atoms with van der Waals surface area (Å²) in [6, 6.07) is 10.1. The normalized spacial score (nSPS) is 15.3. The van der Waals surface area contributed by atoms with Crippen LogP contribution in [0.25, 0.3) is 11.1 Å². The van der Waals surface area contributed by atoms with E-state index in [1.807, 2.05) is 36.1 Å². The number of aromatic nitrogens is 3. The fourth-order valence-corrected chi connectivity index (χ4v) is 3.30. The average Bonchev–Trinajstić information content (AvgIpc) is 2.90. The molecule has 0 bridgehead atoms. The number of hydrogen-bond acceptors (Lipinski definition) is 6. The van der Waals surface area contributed by atoms with Crippen molar-refractivity contribution in [1.82, 2.24) is 19.9 Å². The van der Waals surface area contributed by atoms with Crippen LogP contribution in [0.5, 0.6) is 0 Å². The van der Waals surface area contributed by atoms with Crippen molar-refractivity contribution in [3.63, 3.8) is 0 Å². The van der Waals surface area contributed by atoms with Gasteiger partial charge in [0, 0.05) is 31.9 Å². The van der Waals surface area contributed by atoms with Crippen LogP contribution in [0.15, 0.2) is 34.7 Å². The van der Waals surface area contributed by atoms with Crippen molar-refractivity contribution < 1.29 is 9.21 Å². The van der Waals surface area contributed by atoms with E-state index in [1.54, 1.807) is 13.0 Å². The molecule has 1 aliphatic rings. The van der Waals surface area contributed by atoms with Gasteiger partial charge in [0.2, 0.25) is 0 Å². The smallest absolute Gasteiger partial charge is 0.298 e. The number of hydrogen-bond donors (Lipinski definition) is 0. The van der Waals surface area contributed by atoms with Gasteiger partial charge in [0.25, 0.3) is 11.9 Å². The van der Waals surface area contributed by atoms with Gasteiger partial charge < -0.3 is 14.2 Å². The van der Waals surface area contributed by atoms with E-state index >= 15 is 0 Å². The van der Waals surface area contributed by atoms with Crippen LogP contribution in [0, 0.1) is 13.8 Å². The number of fused-ring (bicyclic) bond motifs is 1. The number of aryl methyl sites for hydroxylation is 2. The SMILES string of the molecule is Cc1cc(C(=O)N2CCCN(c3nc4ccccc4o3)CC2)nc(C)n1. The molecule has 1 aromatic carbocycles. The Kier molecular flexibility index (Phi) is 4.28. The maximum absolute atomic E-state index is 12.8. The predicted octanol–water partition coefficient (Wildman–Crippen LogP) is 2.59. The highest BCUT2D eigenvalue weighted by atomic mass is 16.4. The Balaban J connectivity index is 1.50. The first-order valence-corrected chi connectivity index (χ1v) is 8.82. The molecule has 0 N–H and O–H groups in total. The Morgan fingerprint density at radius 1 is 1.04 bits per heavy atom. The number of oxazole rings is 1. The molecule has 1 aliphatic heterocycles. The zero-order valence-electron chi connectivity index (χ0n) is 15.0. The number of nitrogens with zero attached hydrogens (tertiary/aromatic N) is 5. The van der Waals surface area contributed by atoms with Crippen LogP contribution in [0.3, 0.4) is 0 Å². The van der Waals surface area contributed by atoms with Gasteiger partial charge in [-0.2, -0.15) is 4.98 Å². The summed E-state index contributed by atoms with van der Waals surface area (Å²) in [7, 11) is 0. The molecule has 1 amide bonds. The van der Waals surface area contributed by atoms with Crippen LogP contribution in [0.1, 0.15) is 28.4 Å². The molecule has 0 spiro atoms.